The quantitative estimate of drug-likeness (QED) is 0.443. The molecule has 0 aromatic heterocycles. The van der Waals surface area contributed by atoms with E-state index in [1.54, 1.807) is 32.9 Å². The van der Waals surface area contributed by atoms with Crippen LogP contribution in [0.25, 0.3) is 0 Å². The molecule has 1 aromatic rings. The van der Waals surface area contributed by atoms with Crippen molar-refractivity contribution < 1.29 is 38.1 Å². The number of carbonyl (C=O) groups is 4. The number of hydrogen-bond donors (Lipinski definition) is 3. The summed E-state index contributed by atoms with van der Waals surface area (Å²) in [7, 11) is 0. The van der Waals surface area contributed by atoms with Crippen molar-refractivity contribution in [3.05, 3.63) is 47.3 Å². The number of hydrogen-bond acceptors (Lipinski definition) is 7. The van der Waals surface area contributed by atoms with Crippen LogP contribution in [0.2, 0.25) is 0 Å². The molecule has 3 heterocycles. The number of fused-ring (bicyclic) bond motifs is 3. The Labute approximate surface area is 257 Å². The van der Waals surface area contributed by atoms with E-state index in [0.717, 1.165) is 19.3 Å². The van der Waals surface area contributed by atoms with Crippen LogP contribution < -0.4 is 10.6 Å². The van der Waals surface area contributed by atoms with Gasteiger partial charge in [0.15, 0.2) is 0 Å². The summed E-state index contributed by atoms with van der Waals surface area (Å²) in [5.74, 6) is -1.33. The summed E-state index contributed by atoms with van der Waals surface area (Å²) >= 11 is 0. The molecule has 0 radical (unpaired) electrons. The second-order valence-electron chi connectivity index (χ2n) is 13.4. The lowest BCUT2D eigenvalue weighted by molar-refractivity contribution is -0.140. The molecule has 1 saturated heterocycles. The van der Waals surface area contributed by atoms with Crippen LogP contribution in [0.15, 0.2) is 30.4 Å². The SMILES string of the molecule is CC(C)(C)OC(=O)N[C@H]1CCCCCC=C[C@@H]2C[C@@]2(CO)NC(=O)[C@@H]2C[C@@H](OC(=O)N3Cc4cccc(F)c4C3)CN2C1=O. The Kier molecular flexibility index (Phi) is 9.20. The average Bonchev–Trinajstić information content (AvgIpc) is 3.26. The fraction of sp³-hybridized carbons (Fsp3) is 0.625. The fourth-order valence-corrected chi connectivity index (χ4v) is 6.34. The Balaban J connectivity index is 1.35. The third kappa shape index (κ3) is 7.17. The van der Waals surface area contributed by atoms with Crippen LogP contribution in [-0.2, 0) is 32.2 Å². The molecule has 1 saturated carbocycles. The summed E-state index contributed by atoms with van der Waals surface area (Å²) in [6.45, 7) is 5.15. The average molecular weight is 615 g/mol. The van der Waals surface area contributed by atoms with E-state index in [1.807, 2.05) is 6.08 Å². The summed E-state index contributed by atoms with van der Waals surface area (Å²) in [5, 5.41) is 15.9. The third-order valence-electron chi connectivity index (χ3n) is 8.81. The van der Waals surface area contributed by atoms with E-state index in [-0.39, 0.29) is 44.4 Å². The highest BCUT2D eigenvalue weighted by molar-refractivity contribution is 5.92. The maximum atomic E-state index is 14.3. The smallest absolute Gasteiger partial charge is 0.410 e. The minimum Gasteiger partial charge on any atom is -0.444 e. The van der Waals surface area contributed by atoms with Crippen molar-refractivity contribution in [2.24, 2.45) is 5.92 Å². The number of amides is 4. The van der Waals surface area contributed by atoms with Crippen molar-refractivity contribution in [2.75, 3.05) is 13.2 Å². The van der Waals surface area contributed by atoms with Crippen LogP contribution >= 0.6 is 0 Å². The molecule has 240 valence electrons. The topological polar surface area (TPSA) is 138 Å². The Morgan fingerprint density at radius 2 is 1.98 bits per heavy atom. The van der Waals surface area contributed by atoms with Crippen molar-refractivity contribution in [1.82, 2.24) is 20.4 Å². The van der Waals surface area contributed by atoms with Gasteiger partial charge in [-0.1, -0.05) is 37.1 Å². The summed E-state index contributed by atoms with van der Waals surface area (Å²) in [5.41, 5.74) is -0.436. The normalized spacial score (nSPS) is 29.0. The molecule has 1 aliphatic carbocycles. The first-order valence-corrected chi connectivity index (χ1v) is 15.5. The van der Waals surface area contributed by atoms with Gasteiger partial charge >= 0.3 is 12.2 Å². The van der Waals surface area contributed by atoms with E-state index < -0.39 is 53.3 Å². The van der Waals surface area contributed by atoms with Gasteiger partial charge in [-0.2, -0.15) is 0 Å². The highest BCUT2D eigenvalue weighted by Crippen LogP contribution is 2.44. The number of nitrogens with one attached hydrogen (secondary N) is 2. The van der Waals surface area contributed by atoms with Crippen LogP contribution in [0.4, 0.5) is 14.0 Å². The van der Waals surface area contributed by atoms with Gasteiger partial charge in [0, 0.05) is 24.4 Å². The molecule has 3 N–H and O–H groups in total. The zero-order valence-electron chi connectivity index (χ0n) is 25.6. The van der Waals surface area contributed by atoms with Gasteiger partial charge in [0.2, 0.25) is 11.8 Å². The number of alkyl carbamates (subject to hydrolysis) is 1. The minimum absolute atomic E-state index is 0.0143. The number of ether oxygens (including phenoxy) is 2. The van der Waals surface area contributed by atoms with Gasteiger partial charge in [-0.05, 0) is 58.1 Å². The highest BCUT2D eigenvalue weighted by Gasteiger charge is 2.55. The standard InChI is InChI=1S/C32H43FN4O7/c1-31(2,3)44-29(41)34-25-13-8-6-4-5-7-11-21-15-32(21,19-38)35-27(39)26-14-22(17-37(26)28(25)40)43-30(42)36-16-20-10-9-12-24(33)23(20)18-36/h7,9-12,21-22,25-26,38H,4-6,8,13-19H2,1-3H3,(H,34,41)(H,35,39)/t21-,22-,25+,26+,32+/m1/s1. The van der Waals surface area contributed by atoms with E-state index in [0.29, 0.717) is 30.4 Å². The predicted octanol–water partition coefficient (Wildman–Crippen LogP) is 3.53. The lowest BCUT2D eigenvalue weighted by atomic mass is 10.0. The van der Waals surface area contributed by atoms with E-state index >= 15 is 0 Å². The van der Waals surface area contributed by atoms with Crippen molar-refractivity contribution in [3.63, 3.8) is 0 Å². The number of benzene rings is 1. The first-order chi connectivity index (χ1) is 20.9. The number of rotatable bonds is 3. The van der Waals surface area contributed by atoms with Gasteiger partial charge in [0.25, 0.3) is 0 Å². The number of nitrogens with zero attached hydrogens (tertiary/aromatic N) is 2. The maximum Gasteiger partial charge on any atom is 0.410 e. The number of carbonyl (C=O) groups excluding carboxylic acids is 4. The Morgan fingerprint density at radius 1 is 1.18 bits per heavy atom. The summed E-state index contributed by atoms with van der Waals surface area (Å²) in [6.07, 6.45) is 6.08. The maximum absolute atomic E-state index is 14.3. The molecule has 5 rings (SSSR count). The molecule has 12 heteroatoms. The molecular weight excluding hydrogens is 571 g/mol. The van der Waals surface area contributed by atoms with E-state index in [2.05, 4.69) is 16.7 Å². The number of aliphatic hydroxyl groups excluding tert-OH is 1. The van der Waals surface area contributed by atoms with Crippen LogP contribution in [0.1, 0.15) is 76.8 Å². The first kappa shape index (κ1) is 31.7. The van der Waals surface area contributed by atoms with Crippen LogP contribution in [0, 0.1) is 11.7 Å². The third-order valence-corrected chi connectivity index (χ3v) is 8.81. The van der Waals surface area contributed by atoms with E-state index in [1.165, 1.54) is 15.9 Å². The van der Waals surface area contributed by atoms with Gasteiger partial charge in [0.1, 0.15) is 29.6 Å². The molecule has 44 heavy (non-hydrogen) atoms. The van der Waals surface area contributed by atoms with E-state index in [9.17, 15) is 28.7 Å². The molecule has 0 spiro atoms. The Bertz CT molecular complexity index is 1310. The number of halogens is 1. The fourth-order valence-electron chi connectivity index (χ4n) is 6.34. The molecule has 0 bridgehead atoms. The van der Waals surface area contributed by atoms with Gasteiger partial charge in [-0.25, -0.2) is 14.0 Å². The second kappa shape index (κ2) is 12.7. The zero-order chi connectivity index (χ0) is 31.6. The lowest BCUT2D eigenvalue weighted by Gasteiger charge is -2.30. The van der Waals surface area contributed by atoms with Crippen molar-refractivity contribution in [2.45, 2.75) is 108 Å². The van der Waals surface area contributed by atoms with Crippen LogP contribution in [0.3, 0.4) is 0 Å². The molecular formula is C32H43FN4O7. The molecule has 0 unspecified atom stereocenters. The molecule has 4 amide bonds. The van der Waals surface area contributed by atoms with Crippen molar-refractivity contribution in [3.8, 4) is 0 Å². The van der Waals surface area contributed by atoms with Gasteiger partial charge < -0.3 is 30.1 Å². The summed E-state index contributed by atoms with van der Waals surface area (Å²) < 4.78 is 25.5. The molecule has 1 aromatic carbocycles. The van der Waals surface area contributed by atoms with E-state index in [4.69, 9.17) is 9.47 Å². The largest absolute Gasteiger partial charge is 0.444 e. The molecule has 5 atom stereocenters. The zero-order valence-corrected chi connectivity index (χ0v) is 25.6. The molecule has 3 aliphatic heterocycles. The predicted molar refractivity (Wildman–Crippen MR) is 157 cm³/mol. The van der Waals surface area contributed by atoms with Gasteiger partial charge in [-0.3, -0.25) is 14.5 Å². The molecule has 2 fully saturated rings. The van der Waals surface area contributed by atoms with Crippen molar-refractivity contribution in [1.29, 1.82) is 0 Å². The highest BCUT2D eigenvalue weighted by atomic mass is 19.1. The molecule has 4 aliphatic rings. The summed E-state index contributed by atoms with van der Waals surface area (Å²) in [4.78, 5) is 56.4. The second-order valence-corrected chi connectivity index (χ2v) is 13.4. The lowest BCUT2D eigenvalue weighted by Crippen LogP contribution is -2.56. The minimum atomic E-state index is -0.991. The number of allylic oxidation sites excluding steroid dienone is 1. The van der Waals surface area contributed by atoms with Gasteiger partial charge in [0.05, 0.1) is 25.2 Å². The van der Waals surface area contributed by atoms with Crippen molar-refractivity contribution >= 4 is 24.0 Å². The van der Waals surface area contributed by atoms with Gasteiger partial charge in [-0.15, -0.1) is 0 Å². The van der Waals surface area contributed by atoms with Crippen LogP contribution in [-0.4, -0.2) is 81.4 Å². The summed E-state index contributed by atoms with van der Waals surface area (Å²) in [6, 6.07) is 2.76. The Hall–Kier alpha value is -3.67. The first-order valence-electron chi connectivity index (χ1n) is 15.5. The molecule has 11 nitrogen and oxygen atoms in total. The number of aliphatic hydroxyl groups is 1. The van der Waals surface area contributed by atoms with Crippen LogP contribution in [0.5, 0.6) is 0 Å². The monoisotopic (exact) mass is 614 g/mol. The Morgan fingerprint density at radius 3 is 2.70 bits per heavy atom.